The van der Waals surface area contributed by atoms with Crippen LogP contribution in [0, 0.1) is 11.3 Å². The second-order valence-electron chi connectivity index (χ2n) is 6.47. The molecular formula is C22H18N6O. The topological polar surface area (TPSA) is 106 Å². The van der Waals surface area contributed by atoms with Crippen LogP contribution in [0.5, 0.6) is 0 Å². The van der Waals surface area contributed by atoms with E-state index >= 15 is 0 Å². The van der Waals surface area contributed by atoms with Crippen molar-refractivity contribution in [3.05, 3.63) is 83.9 Å². The maximum Gasteiger partial charge on any atom is 0.274 e. The summed E-state index contributed by atoms with van der Waals surface area (Å²) in [6.45, 7) is 0.676. The Labute approximate surface area is 167 Å². The standard InChI is InChI=1S/C22H18N6O/c23-12-15-5-7-17(8-6-15)28-22(29)20-11-21(27-14-26-20)24-10-9-16-13-25-19-4-2-1-3-18(16)19/h1-8,11,13-14,25H,9-10H2,(H,28,29)(H,24,26,27). The van der Waals surface area contributed by atoms with Gasteiger partial charge in [-0.05, 0) is 42.3 Å². The van der Waals surface area contributed by atoms with Crippen LogP contribution in [0.1, 0.15) is 21.6 Å². The number of carbonyl (C=O) groups is 1. The van der Waals surface area contributed by atoms with Crippen LogP contribution in [-0.4, -0.2) is 27.4 Å². The number of hydrogen-bond donors (Lipinski definition) is 3. The molecule has 0 aliphatic heterocycles. The third-order valence-corrected chi connectivity index (χ3v) is 4.55. The number of aromatic nitrogens is 3. The van der Waals surface area contributed by atoms with Crippen LogP contribution in [0.4, 0.5) is 11.5 Å². The summed E-state index contributed by atoms with van der Waals surface area (Å²) >= 11 is 0. The lowest BCUT2D eigenvalue weighted by Crippen LogP contribution is -2.15. The molecule has 0 bridgehead atoms. The Bertz CT molecular complexity index is 1190. The Morgan fingerprint density at radius 3 is 2.76 bits per heavy atom. The van der Waals surface area contributed by atoms with E-state index in [1.165, 1.54) is 17.3 Å². The van der Waals surface area contributed by atoms with Crippen LogP contribution in [0.3, 0.4) is 0 Å². The molecule has 3 N–H and O–H groups in total. The molecule has 0 atom stereocenters. The summed E-state index contributed by atoms with van der Waals surface area (Å²) in [7, 11) is 0. The smallest absolute Gasteiger partial charge is 0.274 e. The van der Waals surface area contributed by atoms with E-state index in [4.69, 9.17) is 5.26 Å². The quantitative estimate of drug-likeness (QED) is 0.471. The Balaban J connectivity index is 1.37. The minimum Gasteiger partial charge on any atom is -0.370 e. The Hall–Kier alpha value is -4.18. The van der Waals surface area contributed by atoms with Crippen molar-refractivity contribution in [2.24, 2.45) is 0 Å². The van der Waals surface area contributed by atoms with Crippen LogP contribution >= 0.6 is 0 Å². The van der Waals surface area contributed by atoms with Crippen LogP contribution < -0.4 is 10.6 Å². The largest absolute Gasteiger partial charge is 0.370 e. The van der Waals surface area contributed by atoms with Crippen LogP contribution in [0.2, 0.25) is 0 Å². The lowest BCUT2D eigenvalue weighted by molar-refractivity contribution is 0.102. The van der Waals surface area contributed by atoms with Gasteiger partial charge in [-0.2, -0.15) is 5.26 Å². The number of aromatic amines is 1. The van der Waals surface area contributed by atoms with E-state index in [2.05, 4.69) is 37.7 Å². The van der Waals surface area contributed by atoms with Crippen molar-refractivity contribution in [1.82, 2.24) is 15.0 Å². The number of H-pyrrole nitrogens is 1. The van der Waals surface area contributed by atoms with Crippen molar-refractivity contribution in [2.45, 2.75) is 6.42 Å². The number of nitrogens with one attached hydrogen (secondary N) is 3. The van der Waals surface area contributed by atoms with Gasteiger partial charge in [0.2, 0.25) is 0 Å². The van der Waals surface area contributed by atoms with Gasteiger partial charge >= 0.3 is 0 Å². The van der Waals surface area contributed by atoms with Gasteiger partial charge in [0, 0.05) is 35.4 Å². The van der Waals surface area contributed by atoms with Gasteiger partial charge in [0.05, 0.1) is 11.6 Å². The highest BCUT2D eigenvalue weighted by Crippen LogP contribution is 2.18. The molecule has 0 saturated heterocycles. The van der Waals surface area contributed by atoms with E-state index in [0.717, 1.165) is 11.9 Å². The van der Waals surface area contributed by atoms with E-state index in [1.54, 1.807) is 30.3 Å². The third kappa shape index (κ3) is 4.22. The van der Waals surface area contributed by atoms with Gasteiger partial charge < -0.3 is 15.6 Å². The Morgan fingerprint density at radius 1 is 1.10 bits per heavy atom. The molecule has 0 radical (unpaired) electrons. The van der Waals surface area contributed by atoms with Gasteiger partial charge in [-0.1, -0.05) is 18.2 Å². The molecule has 0 aliphatic rings. The molecule has 2 aromatic carbocycles. The van der Waals surface area contributed by atoms with E-state index in [9.17, 15) is 4.79 Å². The number of fused-ring (bicyclic) bond motifs is 1. The predicted molar refractivity (Wildman–Crippen MR) is 112 cm³/mol. The molecule has 29 heavy (non-hydrogen) atoms. The summed E-state index contributed by atoms with van der Waals surface area (Å²) in [5.74, 6) is 0.251. The fraction of sp³-hybridized carbons (Fsp3) is 0.0909. The number of carbonyl (C=O) groups excluding carboxylic acids is 1. The molecule has 142 valence electrons. The molecule has 0 fully saturated rings. The number of amides is 1. The summed E-state index contributed by atoms with van der Waals surface area (Å²) in [4.78, 5) is 23.9. The second-order valence-corrected chi connectivity index (χ2v) is 6.47. The molecule has 7 heteroatoms. The minimum absolute atomic E-state index is 0.263. The molecule has 2 heterocycles. The number of nitriles is 1. The highest BCUT2D eigenvalue weighted by molar-refractivity contribution is 6.03. The van der Waals surface area contributed by atoms with Crippen molar-refractivity contribution in [1.29, 1.82) is 5.26 Å². The molecule has 0 aliphatic carbocycles. The number of rotatable bonds is 6. The van der Waals surface area contributed by atoms with Crippen LogP contribution in [0.15, 0.2) is 67.1 Å². The predicted octanol–water partition coefficient (Wildman–Crippen LogP) is 3.74. The van der Waals surface area contributed by atoms with Gasteiger partial charge in [-0.15, -0.1) is 0 Å². The highest BCUT2D eigenvalue weighted by Gasteiger charge is 2.10. The summed E-state index contributed by atoms with van der Waals surface area (Å²) in [5.41, 5.74) is 3.74. The molecule has 7 nitrogen and oxygen atoms in total. The first-order chi connectivity index (χ1) is 14.2. The molecule has 2 aromatic heterocycles. The fourth-order valence-corrected chi connectivity index (χ4v) is 3.07. The van der Waals surface area contributed by atoms with Crippen LogP contribution in [-0.2, 0) is 6.42 Å². The van der Waals surface area contributed by atoms with Gasteiger partial charge in [0.25, 0.3) is 5.91 Å². The average molecular weight is 382 g/mol. The zero-order chi connectivity index (χ0) is 20.1. The molecular weight excluding hydrogens is 364 g/mol. The summed E-state index contributed by atoms with van der Waals surface area (Å²) in [5, 5.41) is 16.1. The Morgan fingerprint density at radius 2 is 1.93 bits per heavy atom. The normalized spacial score (nSPS) is 10.4. The molecule has 4 rings (SSSR count). The summed E-state index contributed by atoms with van der Waals surface area (Å²) < 4.78 is 0. The van der Waals surface area contributed by atoms with Crippen molar-refractivity contribution < 1.29 is 4.79 Å². The monoisotopic (exact) mass is 382 g/mol. The van der Waals surface area contributed by atoms with Crippen molar-refractivity contribution in [3.8, 4) is 6.07 Å². The van der Waals surface area contributed by atoms with Crippen molar-refractivity contribution >= 4 is 28.3 Å². The maximum atomic E-state index is 12.4. The van der Waals surface area contributed by atoms with Gasteiger partial charge in [-0.3, -0.25) is 4.79 Å². The first-order valence-electron chi connectivity index (χ1n) is 9.15. The number of benzene rings is 2. The second kappa shape index (κ2) is 8.23. The number of anilines is 2. The summed E-state index contributed by atoms with van der Waals surface area (Å²) in [6.07, 6.45) is 4.20. The van der Waals surface area contributed by atoms with E-state index in [1.807, 2.05) is 24.4 Å². The lowest BCUT2D eigenvalue weighted by Gasteiger charge is -2.08. The van der Waals surface area contributed by atoms with Crippen molar-refractivity contribution in [3.63, 3.8) is 0 Å². The SMILES string of the molecule is N#Cc1ccc(NC(=O)c2cc(NCCc3c[nH]c4ccccc34)ncn2)cc1. The van der Waals surface area contributed by atoms with E-state index < -0.39 is 0 Å². The maximum absolute atomic E-state index is 12.4. The van der Waals surface area contributed by atoms with Crippen LogP contribution in [0.25, 0.3) is 10.9 Å². The first-order valence-corrected chi connectivity index (χ1v) is 9.15. The molecule has 4 aromatic rings. The molecule has 0 unspecified atom stereocenters. The van der Waals surface area contributed by atoms with Gasteiger partial charge in [0.15, 0.2) is 0 Å². The van der Waals surface area contributed by atoms with Crippen molar-refractivity contribution in [2.75, 3.05) is 17.2 Å². The van der Waals surface area contributed by atoms with Gasteiger partial charge in [-0.25, -0.2) is 9.97 Å². The number of nitrogens with zero attached hydrogens (tertiary/aromatic N) is 3. The zero-order valence-electron chi connectivity index (χ0n) is 15.5. The average Bonchev–Trinajstić information content (AvgIpc) is 3.18. The highest BCUT2D eigenvalue weighted by atomic mass is 16.1. The third-order valence-electron chi connectivity index (χ3n) is 4.55. The first kappa shape index (κ1) is 18.2. The fourth-order valence-electron chi connectivity index (χ4n) is 3.07. The van der Waals surface area contributed by atoms with E-state index in [-0.39, 0.29) is 11.6 Å². The number of para-hydroxylation sites is 1. The minimum atomic E-state index is -0.336. The number of hydrogen-bond acceptors (Lipinski definition) is 5. The lowest BCUT2D eigenvalue weighted by atomic mass is 10.1. The zero-order valence-corrected chi connectivity index (χ0v) is 15.5. The molecule has 0 spiro atoms. The van der Waals surface area contributed by atoms with E-state index in [0.29, 0.717) is 23.6 Å². The Kier molecular flexibility index (Phi) is 5.16. The van der Waals surface area contributed by atoms with Gasteiger partial charge in [0.1, 0.15) is 17.8 Å². The molecule has 1 amide bonds. The summed E-state index contributed by atoms with van der Waals surface area (Å²) in [6, 6.07) is 18.5. The molecule has 0 saturated carbocycles.